The molecule has 4 fully saturated rings. The fourth-order valence-corrected chi connectivity index (χ4v) is 11.2. The van der Waals surface area contributed by atoms with Crippen molar-refractivity contribution in [3.63, 3.8) is 0 Å². The SMILES string of the molecule is CN[C@@H](C)C(=O)N[C@H](C(=O)N1CC[C@@H]2CCN(CCc3ccc(OCCOCCOCCOCCOC4CCC(Nc5nccc(-c6cnn(Cc7ccccc7)c6N(C)C)n5)CC4)cc3)C[C@@H]21)C1CCCCC1. The van der Waals surface area contributed by atoms with E-state index in [0.29, 0.717) is 77.3 Å². The Hall–Kier alpha value is -5.17. The monoisotopic (exact) mass is 1020 g/mol. The molecule has 2 amide bonds. The molecule has 74 heavy (non-hydrogen) atoms. The molecule has 17 nitrogen and oxygen atoms in total. The predicted octanol–water partition coefficient (Wildman–Crippen LogP) is 6.46. The van der Waals surface area contributed by atoms with Crippen LogP contribution in [0.3, 0.4) is 0 Å². The highest BCUT2D eigenvalue weighted by Gasteiger charge is 2.44. The molecule has 404 valence electrons. The van der Waals surface area contributed by atoms with Gasteiger partial charge in [0.25, 0.3) is 0 Å². The molecule has 17 heteroatoms. The second kappa shape index (κ2) is 28.7. The summed E-state index contributed by atoms with van der Waals surface area (Å²) in [5, 5.41) is 14.5. The minimum atomic E-state index is -0.433. The lowest BCUT2D eigenvalue weighted by Gasteiger charge is -2.41. The Morgan fingerprint density at radius 1 is 0.784 bits per heavy atom. The van der Waals surface area contributed by atoms with Gasteiger partial charge in [0.2, 0.25) is 17.8 Å². The van der Waals surface area contributed by atoms with Crippen molar-refractivity contribution in [2.75, 3.05) is 110 Å². The number of aromatic nitrogens is 4. The number of nitrogens with one attached hydrogen (secondary N) is 3. The van der Waals surface area contributed by atoms with Gasteiger partial charge in [-0.1, -0.05) is 61.7 Å². The van der Waals surface area contributed by atoms with Gasteiger partial charge in [-0.2, -0.15) is 5.10 Å². The normalized spacial score (nSPS) is 21.2. The first-order chi connectivity index (χ1) is 36.2. The molecule has 2 saturated heterocycles. The summed E-state index contributed by atoms with van der Waals surface area (Å²) in [6, 6.07) is 20.4. The van der Waals surface area contributed by atoms with Crippen molar-refractivity contribution in [1.82, 2.24) is 40.2 Å². The first kappa shape index (κ1) is 55.1. The van der Waals surface area contributed by atoms with Crippen molar-refractivity contribution in [3.8, 4) is 17.0 Å². The highest BCUT2D eigenvalue weighted by Crippen LogP contribution is 2.35. The van der Waals surface area contributed by atoms with Crippen molar-refractivity contribution in [2.24, 2.45) is 11.8 Å². The van der Waals surface area contributed by atoms with E-state index >= 15 is 0 Å². The lowest BCUT2D eigenvalue weighted by atomic mass is 9.83. The number of hydrogen-bond acceptors (Lipinski definition) is 14. The van der Waals surface area contributed by atoms with E-state index in [1.165, 1.54) is 17.5 Å². The minimum Gasteiger partial charge on any atom is -0.491 e. The fraction of sp³-hybridized carbons (Fsp3) is 0.632. The molecule has 0 unspecified atom stereocenters. The average Bonchev–Trinajstić information content (AvgIpc) is 4.06. The van der Waals surface area contributed by atoms with E-state index in [9.17, 15) is 9.59 Å². The Kier molecular flexibility index (Phi) is 21.3. The Labute approximate surface area is 439 Å². The van der Waals surface area contributed by atoms with Gasteiger partial charge in [0.05, 0.1) is 82.4 Å². The summed E-state index contributed by atoms with van der Waals surface area (Å²) in [7, 11) is 5.86. The largest absolute Gasteiger partial charge is 0.491 e. The number of carbonyl (C=O) groups excluding carboxylic acids is 2. The quantitative estimate of drug-likeness (QED) is 0.0530. The minimum absolute atomic E-state index is 0.0882. The second-order valence-electron chi connectivity index (χ2n) is 20.9. The summed E-state index contributed by atoms with van der Waals surface area (Å²) in [5.41, 5.74) is 4.28. The van der Waals surface area contributed by atoms with E-state index in [1.54, 1.807) is 7.05 Å². The van der Waals surface area contributed by atoms with Gasteiger partial charge in [0.1, 0.15) is 24.2 Å². The smallest absolute Gasteiger partial charge is 0.245 e. The number of ether oxygens (including phenoxy) is 5. The number of nitrogens with zero attached hydrogens (tertiary/aromatic N) is 7. The first-order valence-corrected chi connectivity index (χ1v) is 27.7. The zero-order chi connectivity index (χ0) is 51.5. The molecule has 4 aromatic rings. The summed E-state index contributed by atoms with van der Waals surface area (Å²) >= 11 is 0. The van der Waals surface area contributed by atoms with E-state index in [2.05, 4.69) is 72.0 Å². The van der Waals surface area contributed by atoms with Crippen LogP contribution in [-0.2, 0) is 41.5 Å². The van der Waals surface area contributed by atoms with Crippen molar-refractivity contribution in [3.05, 3.63) is 84.2 Å². The zero-order valence-electron chi connectivity index (χ0n) is 44.6. The third-order valence-corrected chi connectivity index (χ3v) is 15.6. The highest BCUT2D eigenvalue weighted by atomic mass is 16.6. The van der Waals surface area contributed by atoms with E-state index in [-0.39, 0.29) is 35.9 Å². The molecule has 2 saturated carbocycles. The first-order valence-electron chi connectivity index (χ1n) is 27.7. The Bertz CT molecular complexity index is 2290. The molecule has 8 rings (SSSR count). The number of anilines is 2. The number of amides is 2. The molecule has 2 aromatic heterocycles. The summed E-state index contributed by atoms with van der Waals surface area (Å²) in [5.74, 6) is 3.26. The zero-order valence-corrected chi connectivity index (χ0v) is 44.6. The maximum atomic E-state index is 14.2. The van der Waals surface area contributed by atoms with Crippen LogP contribution in [0.25, 0.3) is 11.3 Å². The van der Waals surface area contributed by atoms with Crippen LogP contribution in [-0.4, -0.2) is 172 Å². The van der Waals surface area contributed by atoms with Crippen molar-refractivity contribution >= 4 is 23.6 Å². The average molecular weight is 1020 g/mol. The predicted molar refractivity (Wildman–Crippen MR) is 289 cm³/mol. The fourth-order valence-electron chi connectivity index (χ4n) is 11.2. The van der Waals surface area contributed by atoms with E-state index in [0.717, 1.165) is 120 Å². The molecule has 3 N–H and O–H groups in total. The molecule has 4 aliphatic rings. The summed E-state index contributed by atoms with van der Waals surface area (Å²) in [4.78, 5) is 43.4. The maximum Gasteiger partial charge on any atom is 0.245 e. The van der Waals surface area contributed by atoms with Gasteiger partial charge in [-0.15, -0.1) is 0 Å². The van der Waals surface area contributed by atoms with Gasteiger partial charge < -0.3 is 54.3 Å². The number of fused-ring (bicyclic) bond motifs is 1. The van der Waals surface area contributed by atoms with Gasteiger partial charge >= 0.3 is 0 Å². The Morgan fingerprint density at radius 3 is 2.20 bits per heavy atom. The molecular weight excluding hydrogens is 937 g/mol. The van der Waals surface area contributed by atoms with Crippen LogP contribution in [0.15, 0.2) is 73.1 Å². The standard InChI is InChI=1S/C57H84N10O7/c1-42(58-2)54(68)63-53(46-13-9-6-10-14-46)56(69)66-30-26-45-25-29-65(41-52(45)66)28-24-43-15-19-48(20-16-43)73-37-35-71-33-31-70-32-34-72-36-38-74-49-21-17-47(18-22-49)61-57-59-27-23-51(62-57)50-39-60-67(55(50)64(3)4)40-44-11-7-5-8-12-44/h5,7-8,11-12,15-16,19-20,23,27,39,42,45-47,49,52-53,58H,6,9-10,13-14,17-18,21-22,24-26,28-38,40-41H2,1-4H3,(H,63,68)(H,59,61,62)/t42-,45-,47?,49?,52-,53-/m0/s1. The Morgan fingerprint density at radius 2 is 1.49 bits per heavy atom. The lowest BCUT2D eigenvalue weighted by Crippen LogP contribution is -2.58. The molecule has 2 aromatic carbocycles. The number of likely N-dealkylation sites (N-methyl/N-ethyl adjacent to an activating group) is 1. The van der Waals surface area contributed by atoms with Crippen LogP contribution < -0.4 is 25.6 Å². The third-order valence-electron chi connectivity index (χ3n) is 15.6. The van der Waals surface area contributed by atoms with Crippen LogP contribution in [0.5, 0.6) is 5.75 Å². The number of hydrogen-bond donors (Lipinski definition) is 3. The maximum absolute atomic E-state index is 14.2. The van der Waals surface area contributed by atoms with Gasteiger partial charge in [0.15, 0.2) is 0 Å². The van der Waals surface area contributed by atoms with Gasteiger partial charge in [0, 0.05) is 52.0 Å². The summed E-state index contributed by atoms with van der Waals surface area (Å²) in [6.07, 6.45) is 16.4. The van der Waals surface area contributed by atoms with Gasteiger partial charge in [-0.25, -0.2) is 14.6 Å². The highest BCUT2D eigenvalue weighted by molar-refractivity contribution is 5.90. The van der Waals surface area contributed by atoms with Crippen LogP contribution in [0.1, 0.15) is 88.7 Å². The molecule has 4 atom stereocenters. The Balaban J connectivity index is 0.629. The molecule has 0 radical (unpaired) electrons. The lowest BCUT2D eigenvalue weighted by molar-refractivity contribution is -0.140. The topological polar surface area (TPSA) is 170 Å². The molecule has 4 heterocycles. The van der Waals surface area contributed by atoms with Crippen molar-refractivity contribution < 1.29 is 33.3 Å². The van der Waals surface area contributed by atoms with Crippen LogP contribution >= 0.6 is 0 Å². The molecular formula is C57H84N10O7. The number of carbonyl (C=O) groups is 2. The summed E-state index contributed by atoms with van der Waals surface area (Å²) in [6.45, 7) is 10.3. The molecule has 0 bridgehead atoms. The number of benzene rings is 2. The van der Waals surface area contributed by atoms with Gasteiger partial charge in [-0.05, 0) is 119 Å². The second-order valence-corrected chi connectivity index (χ2v) is 20.9. The number of rotatable bonds is 28. The number of piperidine rings is 1. The molecule has 2 aliphatic carbocycles. The van der Waals surface area contributed by atoms with Crippen molar-refractivity contribution in [2.45, 2.75) is 121 Å². The van der Waals surface area contributed by atoms with Crippen LogP contribution in [0, 0.1) is 11.8 Å². The molecule has 2 aliphatic heterocycles. The summed E-state index contributed by atoms with van der Waals surface area (Å²) < 4.78 is 31.3. The van der Waals surface area contributed by atoms with E-state index < -0.39 is 6.04 Å². The number of likely N-dealkylation sites (tertiary alicyclic amines) is 2. The van der Waals surface area contributed by atoms with Gasteiger partial charge in [-0.3, -0.25) is 9.59 Å². The van der Waals surface area contributed by atoms with Crippen LogP contribution in [0.4, 0.5) is 11.8 Å². The van der Waals surface area contributed by atoms with Crippen molar-refractivity contribution in [1.29, 1.82) is 0 Å². The third kappa shape index (κ3) is 15.9. The molecule has 0 spiro atoms. The van der Waals surface area contributed by atoms with Crippen LogP contribution in [0.2, 0.25) is 0 Å². The van der Waals surface area contributed by atoms with E-state index in [1.807, 2.05) is 62.4 Å². The van der Waals surface area contributed by atoms with E-state index in [4.69, 9.17) is 33.8 Å².